The van der Waals surface area contributed by atoms with E-state index in [1.54, 1.807) is 29.2 Å². The molecule has 4 nitrogen and oxygen atoms in total. The zero-order valence-electron chi connectivity index (χ0n) is 14.2. The summed E-state index contributed by atoms with van der Waals surface area (Å²) in [6, 6.07) is 16.2. The molecule has 0 spiro atoms. The molecule has 0 aliphatic heterocycles. The second kappa shape index (κ2) is 8.87. The summed E-state index contributed by atoms with van der Waals surface area (Å²) >= 11 is 0. The van der Waals surface area contributed by atoms with Crippen molar-refractivity contribution in [3.8, 4) is 0 Å². The monoisotopic (exact) mass is 325 g/mol. The maximum absolute atomic E-state index is 12.7. The SMILES string of the molecule is CCCCOC(=O)c1ccc(C(=O)N(CC)c2ccccc2)cc1. The number of unbranched alkanes of at least 4 members (excludes halogenated alkanes) is 1. The molecule has 0 saturated carbocycles. The minimum absolute atomic E-state index is 0.0883. The van der Waals surface area contributed by atoms with Gasteiger partial charge in [0.25, 0.3) is 5.91 Å². The Kier molecular flexibility index (Phi) is 6.55. The molecule has 0 unspecified atom stereocenters. The summed E-state index contributed by atoms with van der Waals surface area (Å²) < 4.78 is 5.17. The highest BCUT2D eigenvalue weighted by Gasteiger charge is 2.16. The van der Waals surface area contributed by atoms with E-state index in [1.165, 1.54) is 0 Å². The number of hydrogen-bond donors (Lipinski definition) is 0. The Morgan fingerprint density at radius 3 is 2.12 bits per heavy atom. The van der Waals surface area contributed by atoms with Crippen LogP contribution >= 0.6 is 0 Å². The van der Waals surface area contributed by atoms with E-state index in [0.29, 0.717) is 24.3 Å². The number of amides is 1. The zero-order chi connectivity index (χ0) is 17.4. The molecule has 0 saturated heterocycles. The predicted octanol–water partition coefficient (Wildman–Crippen LogP) is 4.31. The highest BCUT2D eigenvalue weighted by atomic mass is 16.5. The van der Waals surface area contributed by atoms with Crippen LogP contribution in [0.4, 0.5) is 5.69 Å². The van der Waals surface area contributed by atoms with Crippen molar-refractivity contribution in [3.63, 3.8) is 0 Å². The van der Waals surface area contributed by atoms with Gasteiger partial charge in [-0.2, -0.15) is 0 Å². The summed E-state index contributed by atoms with van der Waals surface area (Å²) in [4.78, 5) is 26.3. The largest absolute Gasteiger partial charge is 0.462 e. The Balaban J connectivity index is 2.09. The number of ether oxygens (including phenoxy) is 1. The fraction of sp³-hybridized carbons (Fsp3) is 0.300. The Labute approximate surface area is 143 Å². The van der Waals surface area contributed by atoms with Crippen molar-refractivity contribution in [2.24, 2.45) is 0 Å². The van der Waals surface area contributed by atoms with Crippen LogP contribution in [0.25, 0.3) is 0 Å². The van der Waals surface area contributed by atoms with Crippen molar-refractivity contribution in [3.05, 3.63) is 65.7 Å². The van der Waals surface area contributed by atoms with E-state index in [1.807, 2.05) is 44.2 Å². The lowest BCUT2D eigenvalue weighted by Crippen LogP contribution is -2.30. The molecule has 0 bridgehead atoms. The molecule has 0 N–H and O–H groups in total. The second-order valence-corrected chi connectivity index (χ2v) is 5.45. The van der Waals surface area contributed by atoms with Crippen molar-refractivity contribution in [2.45, 2.75) is 26.7 Å². The lowest BCUT2D eigenvalue weighted by atomic mass is 10.1. The zero-order valence-corrected chi connectivity index (χ0v) is 14.2. The lowest BCUT2D eigenvalue weighted by molar-refractivity contribution is 0.0499. The molecule has 0 fully saturated rings. The van der Waals surface area contributed by atoms with Gasteiger partial charge in [-0.1, -0.05) is 31.5 Å². The van der Waals surface area contributed by atoms with Crippen molar-refractivity contribution in [2.75, 3.05) is 18.1 Å². The molecule has 0 radical (unpaired) electrons. The average molecular weight is 325 g/mol. The maximum atomic E-state index is 12.7. The van der Waals surface area contributed by atoms with Crippen LogP contribution in [0.15, 0.2) is 54.6 Å². The minimum atomic E-state index is -0.349. The Morgan fingerprint density at radius 2 is 1.54 bits per heavy atom. The predicted molar refractivity (Wildman–Crippen MR) is 95.4 cm³/mol. The number of esters is 1. The fourth-order valence-corrected chi connectivity index (χ4v) is 2.35. The van der Waals surface area contributed by atoms with Gasteiger partial charge in [-0.05, 0) is 49.7 Å². The maximum Gasteiger partial charge on any atom is 0.338 e. The summed E-state index contributed by atoms with van der Waals surface area (Å²) in [5.41, 5.74) is 1.87. The van der Waals surface area contributed by atoms with Crippen LogP contribution in [-0.4, -0.2) is 25.0 Å². The number of hydrogen-bond acceptors (Lipinski definition) is 3. The van der Waals surface area contributed by atoms with Gasteiger partial charge in [0.2, 0.25) is 0 Å². The van der Waals surface area contributed by atoms with E-state index in [-0.39, 0.29) is 11.9 Å². The first-order valence-corrected chi connectivity index (χ1v) is 8.31. The van der Waals surface area contributed by atoms with Crippen LogP contribution in [-0.2, 0) is 4.74 Å². The normalized spacial score (nSPS) is 10.2. The summed E-state index contributed by atoms with van der Waals surface area (Å²) in [6.45, 7) is 4.97. The van der Waals surface area contributed by atoms with Crippen molar-refractivity contribution in [1.29, 1.82) is 0 Å². The summed E-state index contributed by atoms with van der Waals surface area (Å²) in [6.07, 6.45) is 1.83. The average Bonchev–Trinajstić information content (AvgIpc) is 2.63. The molecular formula is C20H23NO3. The molecule has 0 aromatic heterocycles. The summed E-state index contributed by atoms with van der Waals surface area (Å²) in [7, 11) is 0. The first-order valence-electron chi connectivity index (χ1n) is 8.31. The summed E-state index contributed by atoms with van der Waals surface area (Å²) in [5, 5.41) is 0. The number of nitrogens with zero attached hydrogens (tertiary/aromatic N) is 1. The molecule has 0 heterocycles. The molecule has 4 heteroatoms. The van der Waals surface area contributed by atoms with E-state index < -0.39 is 0 Å². The first kappa shape index (κ1) is 17.7. The third-order valence-corrected chi connectivity index (χ3v) is 3.73. The van der Waals surface area contributed by atoms with Crippen molar-refractivity contribution in [1.82, 2.24) is 0 Å². The molecular weight excluding hydrogens is 302 g/mol. The number of benzene rings is 2. The quantitative estimate of drug-likeness (QED) is 0.563. The van der Waals surface area contributed by atoms with Crippen LogP contribution in [0.2, 0.25) is 0 Å². The number of carbonyl (C=O) groups is 2. The molecule has 0 aliphatic carbocycles. The van der Waals surface area contributed by atoms with Gasteiger partial charge >= 0.3 is 5.97 Å². The van der Waals surface area contributed by atoms with Crippen LogP contribution in [0, 0.1) is 0 Å². The van der Waals surface area contributed by atoms with E-state index in [0.717, 1.165) is 18.5 Å². The van der Waals surface area contributed by atoms with Gasteiger partial charge in [0.05, 0.1) is 12.2 Å². The van der Waals surface area contributed by atoms with Crippen molar-refractivity contribution >= 4 is 17.6 Å². The van der Waals surface area contributed by atoms with E-state index in [4.69, 9.17) is 4.74 Å². The fourth-order valence-electron chi connectivity index (χ4n) is 2.35. The number of anilines is 1. The van der Waals surface area contributed by atoms with Crippen LogP contribution in [0.1, 0.15) is 47.4 Å². The van der Waals surface area contributed by atoms with Crippen molar-refractivity contribution < 1.29 is 14.3 Å². The third-order valence-electron chi connectivity index (χ3n) is 3.73. The molecule has 24 heavy (non-hydrogen) atoms. The number of rotatable bonds is 7. The minimum Gasteiger partial charge on any atom is -0.462 e. The van der Waals surface area contributed by atoms with Crippen LogP contribution in [0.3, 0.4) is 0 Å². The van der Waals surface area contributed by atoms with Gasteiger partial charge < -0.3 is 9.64 Å². The molecule has 2 aromatic carbocycles. The Hall–Kier alpha value is -2.62. The Bertz CT molecular complexity index is 665. The molecule has 1 amide bonds. The lowest BCUT2D eigenvalue weighted by Gasteiger charge is -2.21. The van der Waals surface area contributed by atoms with Crippen LogP contribution in [0.5, 0.6) is 0 Å². The smallest absolute Gasteiger partial charge is 0.338 e. The van der Waals surface area contributed by atoms with E-state index in [2.05, 4.69) is 0 Å². The van der Waals surface area contributed by atoms with E-state index in [9.17, 15) is 9.59 Å². The number of carbonyl (C=O) groups excluding carboxylic acids is 2. The van der Waals surface area contributed by atoms with Gasteiger partial charge in [0, 0.05) is 17.8 Å². The second-order valence-electron chi connectivity index (χ2n) is 5.45. The van der Waals surface area contributed by atoms with Crippen LogP contribution < -0.4 is 4.90 Å². The van der Waals surface area contributed by atoms with Gasteiger partial charge in [-0.15, -0.1) is 0 Å². The topological polar surface area (TPSA) is 46.6 Å². The highest BCUT2D eigenvalue weighted by Crippen LogP contribution is 2.17. The molecule has 2 rings (SSSR count). The molecule has 0 atom stereocenters. The summed E-state index contributed by atoms with van der Waals surface area (Å²) in [5.74, 6) is -0.438. The molecule has 0 aliphatic rings. The van der Waals surface area contributed by atoms with Gasteiger partial charge in [-0.25, -0.2) is 4.79 Å². The van der Waals surface area contributed by atoms with Gasteiger partial charge in [-0.3, -0.25) is 4.79 Å². The van der Waals surface area contributed by atoms with E-state index >= 15 is 0 Å². The van der Waals surface area contributed by atoms with Gasteiger partial charge in [0.15, 0.2) is 0 Å². The standard InChI is InChI=1S/C20H23NO3/c1-3-5-15-24-20(23)17-13-11-16(12-14-17)19(22)21(4-2)18-9-7-6-8-10-18/h6-14H,3-5,15H2,1-2H3. The van der Waals surface area contributed by atoms with Gasteiger partial charge in [0.1, 0.15) is 0 Å². The molecule has 126 valence electrons. The first-order chi connectivity index (χ1) is 11.7. The molecule has 2 aromatic rings. The number of para-hydroxylation sites is 1. The Morgan fingerprint density at radius 1 is 0.917 bits per heavy atom. The highest BCUT2D eigenvalue weighted by molar-refractivity contribution is 6.06. The third kappa shape index (κ3) is 4.44.